The first kappa shape index (κ1) is 18.5. The van der Waals surface area contributed by atoms with Gasteiger partial charge in [-0.1, -0.05) is 13.3 Å². The fourth-order valence-electron chi connectivity index (χ4n) is 3.36. The molecule has 6 nitrogen and oxygen atoms in total. The number of aromatic nitrogens is 1. The minimum Gasteiger partial charge on any atom is -0.497 e. The Morgan fingerprint density at radius 3 is 2.65 bits per heavy atom. The number of carbonyl (C=O) groups is 1. The van der Waals surface area contributed by atoms with E-state index in [1.54, 1.807) is 7.11 Å². The normalized spacial score (nSPS) is 15.4. The molecule has 1 aliphatic heterocycles. The largest absolute Gasteiger partial charge is 0.497 e. The zero-order valence-electron chi connectivity index (χ0n) is 15.6. The minimum atomic E-state index is -0.0517. The van der Waals surface area contributed by atoms with Crippen molar-refractivity contribution in [2.24, 2.45) is 0 Å². The maximum Gasteiger partial charge on any atom is 0.252 e. The zero-order chi connectivity index (χ0) is 18.5. The van der Waals surface area contributed by atoms with Crippen LogP contribution in [-0.4, -0.2) is 54.0 Å². The number of carbonyl (C=O) groups excluding carboxylic acids is 1. The zero-order valence-corrected chi connectivity index (χ0v) is 15.6. The number of aromatic amines is 1. The maximum atomic E-state index is 12.4. The highest BCUT2D eigenvalue weighted by Gasteiger charge is 2.21. The SMILES string of the molecule is CCCCC(=O)N1CCN(Cc2cc3cc(OC)ccc3[nH]c2=O)CC1. The number of methoxy groups -OCH3 is 1. The third kappa shape index (κ3) is 4.25. The van der Waals surface area contributed by atoms with E-state index in [1.807, 2.05) is 29.2 Å². The standard InChI is InChI=1S/C20H27N3O3/c1-3-4-5-19(24)23-10-8-22(9-11-23)14-16-12-15-13-17(26-2)6-7-18(15)21-20(16)25/h6-7,12-13H,3-5,8-11,14H2,1-2H3,(H,21,25). The number of nitrogens with one attached hydrogen (secondary N) is 1. The van der Waals surface area contributed by atoms with Gasteiger partial charge in [0.25, 0.3) is 5.56 Å². The first-order chi connectivity index (χ1) is 12.6. The van der Waals surface area contributed by atoms with Crippen LogP contribution < -0.4 is 10.3 Å². The molecule has 2 aromatic rings. The number of rotatable bonds is 6. The molecule has 0 bridgehead atoms. The van der Waals surface area contributed by atoms with Crippen LogP contribution in [0.25, 0.3) is 10.9 Å². The molecule has 140 valence electrons. The van der Waals surface area contributed by atoms with E-state index in [2.05, 4.69) is 16.8 Å². The van der Waals surface area contributed by atoms with Crippen molar-refractivity contribution in [3.63, 3.8) is 0 Å². The molecular formula is C20H27N3O3. The predicted molar refractivity (Wildman–Crippen MR) is 103 cm³/mol. The second-order valence-corrected chi connectivity index (χ2v) is 6.84. The fraction of sp³-hybridized carbons (Fsp3) is 0.500. The molecule has 1 aromatic carbocycles. The van der Waals surface area contributed by atoms with Gasteiger partial charge in [-0.15, -0.1) is 0 Å². The lowest BCUT2D eigenvalue weighted by molar-refractivity contribution is -0.133. The average Bonchev–Trinajstić information content (AvgIpc) is 2.67. The number of fused-ring (bicyclic) bond motifs is 1. The first-order valence-electron chi connectivity index (χ1n) is 9.30. The summed E-state index contributed by atoms with van der Waals surface area (Å²) in [6.07, 6.45) is 2.64. The molecular weight excluding hydrogens is 330 g/mol. The van der Waals surface area contributed by atoms with Crippen molar-refractivity contribution in [1.29, 1.82) is 0 Å². The van der Waals surface area contributed by atoms with Crippen molar-refractivity contribution < 1.29 is 9.53 Å². The van der Waals surface area contributed by atoms with Crippen LogP contribution in [0.15, 0.2) is 29.1 Å². The van der Waals surface area contributed by atoms with E-state index in [-0.39, 0.29) is 11.5 Å². The van der Waals surface area contributed by atoms with E-state index in [0.29, 0.717) is 13.0 Å². The van der Waals surface area contributed by atoms with Crippen LogP contribution in [0.2, 0.25) is 0 Å². The van der Waals surface area contributed by atoms with Gasteiger partial charge in [0.05, 0.1) is 7.11 Å². The quantitative estimate of drug-likeness (QED) is 0.862. The molecule has 1 aromatic heterocycles. The number of pyridine rings is 1. The van der Waals surface area contributed by atoms with Crippen molar-refractivity contribution in [2.75, 3.05) is 33.3 Å². The average molecular weight is 357 g/mol. The number of ether oxygens (including phenoxy) is 1. The summed E-state index contributed by atoms with van der Waals surface area (Å²) in [5, 5.41) is 0.965. The Kier molecular flexibility index (Phi) is 5.93. The highest BCUT2D eigenvalue weighted by atomic mass is 16.5. The van der Waals surface area contributed by atoms with Gasteiger partial charge in [0, 0.05) is 55.6 Å². The van der Waals surface area contributed by atoms with Gasteiger partial charge < -0.3 is 14.6 Å². The summed E-state index contributed by atoms with van der Waals surface area (Å²) in [6.45, 7) is 5.77. The lowest BCUT2D eigenvalue weighted by atomic mass is 10.1. The second-order valence-electron chi connectivity index (χ2n) is 6.84. The molecule has 0 radical (unpaired) electrons. The molecule has 1 saturated heterocycles. The van der Waals surface area contributed by atoms with E-state index in [4.69, 9.17) is 4.74 Å². The molecule has 0 saturated carbocycles. The summed E-state index contributed by atoms with van der Waals surface area (Å²) in [5.74, 6) is 1.02. The smallest absolute Gasteiger partial charge is 0.252 e. The van der Waals surface area contributed by atoms with E-state index < -0.39 is 0 Å². The molecule has 6 heteroatoms. The Bertz CT molecular complexity index is 823. The maximum absolute atomic E-state index is 12.4. The summed E-state index contributed by atoms with van der Waals surface area (Å²) in [6, 6.07) is 7.57. The van der Waals surface area contributed by atoms with Crippen LogP contribution in [0, 0.1) is 0 Å². The first-order valence-corrected chi connectivity index (χ1v) is 9.30. The number of hydrogen-bond acceptors (Lipinski definition) is 4. The van der Waals surface area contributed by atoms with Crippen LogP contribution >= 0.6 is 0 Å². The van der Waals surface area contributed by atoms with E-state index in [0.717, 1.165) is 61.2 Å². The summed E-state index contributed by atoms with van der Waals surface area (Å²) in [5.41, 5.74) is 1.51. The summed E-state index contributed by atoms with van der Waals surface area (Å²) >= 11 is 0. The number of hydrogen-bond donors (Lipinski definition) is 1. The van der Waals surface area contributed by atoms with Gasteiger partial charge in [-0.2, -0.15) is 0 Å². The molecule has 1 amide bonds. The Labute approximate surface area is 153 Å². The van der Waals surface area contributed by atoms with Gasteiger partial charge in [0.2, 0.25) is 5.91 Å². The Morgan fingerprint density at radius 2 is 1.96 bits per heavy atom. The number of nitrogens with zero attached hydrogens (tertiary/aromatic N) is 2. The fourth-order valence-corrected chi connectivity index (χ4v) is 3.36. The molecule has 0 aliphatic carbocycles. The van der Waals surface area contributed by atoms with Gasteiger partial charge in [-0.3, -0.25) is 14.5 Å². The second kappa shape index (κ2) is 8.36. The number of piperazine rings is 1. The molecule has 0 spiro atoms. The third-order valence-corrected chi connectivity index (χ3v) is 4.99. The predicted octanol–water partition coefficient (Wildman–Crippen LogP) is 2.37. The molecule has 0 unspecified atom stereocenters. The molecule has 26 heavy (non-hydrogen) atoms. The highest BCUT2D eigenvalue weighted by Crippen LogP contribution is 2.19. The number of amides is 1. The molecule has 1 fully saturated rings. The monoisotopic (exact) mass is 357 g/mol. The van der Waals surface area contributed by atoms with Gasteiger partial charge in [-0.25, -0.2) is 0 Å². The van der Waals surface area contributed by atoms with Crippen molar-refractivity contribution >= 4 is 16.8 Å². The van der Waals surface area contributed by atoms with Crippen molar-refractivity contribution in [3.05, 3.63) is 40.2 Å². The number of H-pyrrole nitrogens is 1. The van der Waals surface area contributed by atoms with Crippen LogP contribution in [0.5, 0.6) is 5.75 Å². The molecule has 2 heterocycles. The summed E-state index contributed by atoms with van der Waals surface area (Å²) in [4.78, 5) is 31.6. The lowest BCUT2D eigenvalue weighted by Gasteiger charge is -2.34. The molecule has 1 aliphatic rings. The van der Waals surface area contributed by atoms with Crippen molar-refractivity contribution in [3.8, 4) is 5.75 Å². The number of benzene rings is 1. The van der Waals surface area contributed by atoms with Gasteiger partial charge in [0.1, 0.15) is 5.75 Å². The Hall–Kier alpha value is -2.34. The molecule has 0 atom stereocenters. The van der Waals surface area contributed by atoms with Gasteiger partial charge in [0.15, 0.2) is 0 Å². The van der Waals surface area contributed by atoms with E-state index in [9.17, 15) is 9.59 Å². The minimum absolute atomic E-state index is 0.0517. The third-order valence-electron chi connectivity index (χ3n) is 4.99. The highest BCUT2D eigenvalue weighted by molar-refractivity contribution is 5.80. The topological polar surface area (TPSA) is 65.6 Å². The van der Waals surface area contributed by atoms with E-state index in [1.165, 1.54) is 0 Å². The number of unbranched alkanes of at least 4 members (excludes halogenated alkanes) is 1. The Morgan fingerprint density at radius 1 is 1.19 bits per heavy atom. The van der Waals surface area contributed by atoms with Crippen molar-refractivity contribution in [2.45, 2.75) is 32.7 Å². The van der Waals surface area contributed by atoms with E-state index >= 15 is 0 Å². The lowest BCUT2D eigenvalue weighted by Crippen LogP contribution is -2.48. The summed E-state index contributed by atoms with van der Waals surface area (Å²) < 4.78 is 5.26. The Balaban J connectivity index is 1.65. The van der Waals surface area contributed by atoms with Crippen LogP contribution in [-0.2, 0) is 11.3 Å². The van der Waals surface area contributed by atoms with Gasteiger partial charge >= 0.3 is 0 Å². The van der Waals surface area contributed by atoms with Crippen LogP contribution in [0.1, 0.15) is 31.7 Å². The van der Waals surface area contributed by atoms with Crippen molar-refractivity contribution in [1.82, 2.24) is 14.8 Å². The van der Waals surface area contributed by atoms with Crippen LogP contribution in [0.4, 0.5) is 0 Å². The van der Waals surface area contributed by atoms with Crippen LogP contribution in [0.3, 0.4) is 0 Å². The molecule has 1 N–H and O–H groups in total. The molecule has 3 rings (SSSR count). The summed E-state index contributed by atoms with van der Waals surface area (Å²) in [7, 11) is 1.63. The van der Waals surface area contributed by atoms with Gasteiger partial charge in [-0.05, 0) is 30.7 Å².